The lowest BCUT2D eigenvalue weighted by molar-refractivity contribution is -0.116. The van der Waals surface area contributed by atoms with Crippen LogP contribution in [0.25, 0.3) is 0 Å². The van der Waals surface area contributed by atoms with E-state index in [9.17, 15) is 9.70 Å². The van der Waals surface area contributed by atoms with Crippen LogP contribution < -0.4 is 5.43 Å². The summed E-state index contributed by atoms with van der Waals surface area (Å²) in [6, 6.07) is 20.9. The van der Waals surface area contributed by atoms with Gasteiger partial charge in [-0.05, 0) is 34.6 Å². The second-order valence-corrected chi connectivity index (χ2v) is 8.15. The average Bonchev–Trinajstić information content (AvgIpc) is 3.18. The van der Waals surface area contributed by atoms with Gasteiger partial charge in [-0.3, -0.25) is 4.79 Å². The largest absolute Gasteiger partial charge is 0.366 e. The molecular weight excluding hydrogens is 382 g/mol. The number of carbonyl (C=O) groups excluding carboxylic acids is 1. The van der Waals surface area contributed by atoms with Crippen LogP contribution in [0.2, 0.25) is 0 Å². The molecule has 1 aliphatic heterocycles. The lowest BCUT2D eigenvalue weighted by Gasteiger charge is -2.31. The molecular formula is C23H21N3O2S. The maximum Gasteiger partial charge on any atom is 0.280 e. The van der Waals surface area contributed by atoms with Crippen molar-refractivity contribution in [3.63, 3.8) is 0 Å². The maximum absolute atomic E-state index is 11.9. The third kappa shape index (κ3) is 4.66. The number of benzene rings is 2. The Morgan fingerprint density at radius 2 is 1.62 bits per heavy atom. The van der Waals surface area contributed by atoms with Gasteiger partial charge in [0, 0.05) is 24.7 Å². The van der Waals surface area contributed by atoms with Crippen molar-refractivity contribution in [1.82, 2.24) is 10.3 Å². The van der Waals surface area contributed by atoms with E-state index in [1.165, 1.54) is 28.6 Å². The third-order valence-electron chi connectivity index (χ3n) is 5.02. The van der Waals surface area contributed by atoms with E-state index < -0.39 is 5.91 Å². The van der Waals surface area contributed by atoms with E-state index in [1.54, 1.807) is 0 Å². The van der Waals surface area contributed by atoms with Crippen LogP contribution >= 0.6 is 11.8 Å². The Bertz CT molecular complexity index is 942. The van der Waals surface area contributed by atoms with Crippen LogP contribution in [0, 0.1) is 10.8 Å². The molecule has 1 atom stereocenters. The van der Waals surface area contributed by atoms with Gasteiger partial charge in [-0.15, -0.1) is 4.91 Å². The van der Waals surface area contributed by atoms with Gasteiger partial charge in [0.1, 0.15) is 0 Å². The van der Waals surface area contributed by atoms with Gasteiger partial charge in [0.15, 0.2) is 0 Å². The molecule has 1 N–H and O–H groups in total. The monoisotopic (exact) mass is 403 g/mol. The summed E-state index contributed by atoms with van der Waals surface area (Å²) in [6.07, 6.45) is 7.00. The molecule has 0 saturated heterocycles. The summed E-state index contributed by atoms with van der Waals surface area (Å²) in [6.45, 7) is 1.63. The summed E-state index contributed by atoms with van der Waals surface area (Å²) in [7, 11) is 0. The number of rotatable bonds is 7. The molecule has 6 heteroatoms. The molecule has 2 aromatic rings. The fraction of sp³-hybridized carbons (Fsp3) is 0.174. The topological polar surface area (TPSA) is 61.8 Å². The molecule has 2 aromatic carbocycles. The average molecular weight is 404 g/mol. The number of amides is 1. The van der Waals surface area contributed by atoms with E-state index >= 15 is 0 Å². The Balaban J connectivity index is 1.55. The van der Waals surface area contributed by atoms with Crippen LogP contribution in [0.1, 0.15) is 17.5 Å². The Hall–Kier alpha value is -3.12. The van der Waals surface area contributed by atoms with Gasteiger partial charge in [0.05, 0.1) is 10.2 Å². The standard InChI is InChI=1S/C23H21N3O2S/c27-23(24-25-28)22-14-19-13-20(11-12-21(19)29-22)26(15-17-7-3-1-4-8-17)16-18-9-5-2-6-10-18/h1-12,14,19H,13,15-16H2,(H,24,27,28). The molecule has 0 spiro atoms. The van der Waals surface area contributed by atoms with Crippen molar-refractivity contribution in [2.75, 3.05) is 0 Å². The summed E-state index contributed by atoms with van der Waals surface area (Å²) >= 11 is 1.41. The fourth-order valence-electron chi connectivity index (χ4n) is 3.61. The molecule has 0 radical (unpaired) electrons. The molecule has 1 unspecified atom stereocenters. The van der Waals surface area contributed by atoms with Crippen LogP contribution in [0.5, 0.6) is 0 Å². The highest BCUT2D eigenvalue weighted by Gasteiger charge is 2.30. The number of nitrogens with zero attached hydrogens (tertiary/aromatic N) is 2. The van der Waals surface area contributed by atoms with Crippen molar-refractivity contribution in [1.29, 1.82) is 0 Å². The molecule has 0 bridgehead atoms. The molecule has 0 fully saturated rings. The second kappa shape index (κ2) is 8.92. The van der Waals surface area contributed by atoms with E-state index in [1.807, 2.05) is 23.6 Å². The molecule has 1 heterocycles. The van der Waals surface area contributed by atoms with Gasteiger partial charge in [-0.2, -0.15) is 0 Å². The smallest absolute Gasteiger partial charge is 0.280 e. The molecule has 29 heavy (non-hydrogen) atoms. The zero-order valence-corrected chi connectivity index (χ0v) is 16.6. The summed E-state index contributed by atoms with van der Waals surface area (Å²) in [4.78, 5) is 26.3. The van der Waals surface area contributed by atoms with Gasteiger partial charge in [-0.1, -0.05) is 78.5 Å². The summed E-state index contributed by atoms with van der Waals surface area (Å²) in [5, 5.41) is 2.49. The Morgan fingerprint density at radius 3 is 2.21 bits per heavy atom. The fourth-order valence-corrected chi connectivity index (χ4v) is 4.67. The number of nitrogens with one attached hydrogen (secondary N) is 1. The SMILES string of the molecule is O=NNC(=O)C1=CC2CC(N(Cc3ccccc3)Cc3ccccc3)=CC=C2S1. The van der Waals surface area contributed by atoms with E-state index in [-0.39, 0.29) is 5.92 Å². The minimum absolute atomic E-state index is 0.154. The minimum Gasteiger partial charge on any atom is -0.366 e. The number of hydrogen-bond acceptors (Lipinski definition) is 5. The first-order chi connectivity index (χ1) is 14.2. The minimum atomic E-state index is -0.438. The molecule has 0 aromatic heterocycles. The molecule has 2 aliphatic rings. The van der Waals surface area contributed by atoms with Gasteiger partial charge in [-0.25, -0.2) is 5.43 Å². The van der Waals surface area contributed by atoms with Gasteiger partial charge in [0.2, 0.25) is 0 Å². The number of hydrogen-bond donors (Lipinski definition) is 1. The second-order valence-electron chi connectivity index (χ2n) is 7.03. The lowest BCUT2D eigenvalue weighted by atomic mass is 9.96. The Labute approximate surface area is 174 Å². The number of nitroso groups, excluding NO2 is 1. The van der Waals surface area contributed by atoms with Gasteiger partial charge >= 0.3 is 0 Å². The highest BCUT2D eigenvalue weighted by atomic mass is 32.2. The lowest BCUT2D eigenvalue weighted by Crippen LogP contribution is -2.24. The summed E-state index contributed by atoms with van der Waals surface area (Å²) in [5.41, 5.74) is 5.73. The van der Waals surface area contributed by atoms with Gasteiger partial charge in [0.25, 0.3) is 5.91 Å². The Kier molecular flexibility index (Phi) is 5.91. The van der Waals surface area contributed by atoms with Crippen molar-refractivity contribution in [3.05, 3.63) is 110 Å². The first-order valence-corrected chi connectivity index (χ1v) is 10.3. The molecule has 0 saturated carbocycles. The first kappa shape index (κ1) is 19.2. The van der Waals surface area contributed by atoms with E-state index in [0.717, 1.165) is 24.4 Å². The van der Waals surface area contributed by atoms with Crippen LogP contribution in [-0.2, 0) is 17.9 Å². The van der Waals surface area contributed by atoms with Crippen LogP contribution in [0.15, 0.2) is 99.7 Å². The van der Waals surface area contributed by atoms with E-state index in [4.69, 9.17) is 0 Å². The highest BCUT2D eigenvalue weighted by Crippen LogP contribution is 2.45. The normalized spacial score (nSPS) is 17.5. The van der Waals surface area contributed by atoms with Crippen molar-refractivity contribution in [2.24, 2.45) is 11.2 Å². The van der Waals surface area contributed by atoms with Crippen LogP contribution in [-0.4, -0.2) is 10.8 Å². The molecule has 4 rings (SSSR count). The van der Waals surface area contributed by atoms with Crippen LogP contribution in [0.3, 0.4) is 0 Å². The number of carbonyl (C=O) groups is 1. The highest BCUT2D eigenvalue weighted by molar-refractivity contribution is 8.07. The van der Waals surface area contributed by atoms with Crippen molar-refractivity contribution >= 4 is 17.7 Å². The first-order valence-electron chi connectivity index (χ1n) is 9.49. The zero-order chi connectivity index (χ0) is 20.1. The van der Waals surface area contributed by atoms with Crippen LogP contribution in [0.4, 0.5) is 0 Å². The van der Waals surface area contributed by atoms with Gasteiger partial charge < -0.3 is 4.90 Å². The summed E-state index contributed by atoms with van der Waals surface area (Å²) < 4.78 is 0. The third-order valence-corrected chi connectivity index (χ3v) is 6.24. The maximum atomic E-state index is 11.9. The molecule has 146 valence electrons. The molecule has 1 aliphatic carbocycles. The predicted molar refractivity (Wildman–Crippen MR) is 116 cm³/mol. The predicted octanol–water partition coefficient (Wildman–Crippen LogP) is 4.90. The summed E-state index contributed by atoms with van der Waals surface area (Å²) in [5.74, 6) is -0.284. The van der Waals surface area contributed by atoms with Crippen molar-refractivity contribution in [3.8, 4) is 0 Å². The van der Waals surface area contributed by atoms with Crippen molar-refractivity contribution < 1.29 is 4.79 Å². The molecule has 5 nitrogen and oxygen atoms in total. The Morgan fingerprint density at radius 1 is 1.00 bits per heavy atom. The number of thioether (sulfide) groups is 1. The quantitative estimate of drug-likeness (QED) is 0.527. The zero-order valence-electron chi connectivity index (χ0n) is 15.8. The number of allylic oxidation sites excluding steroid dienone is 5. The van der Waals surface area contributed by atoms with E-state index in [0.29, 0.717) is 4.91 Å². The van der Waals surface area contributed by atoms with E-state index in [2.05, 4.69) is 70.9 Å². The molecule has 1 amide bonds. The number of fused-ring (bicyclic) bond motifs is 1. The van der Waals surface area contributed by atoms with Crippen molar-refractivity contribution in [2.45, 2.75) is 19.5 Å².